The maximum atomic E-state index is 14.9. The highest BCUT2D eigenvalue weighted by atomic mass is 33.1. The topological polar surface area (TPSA) is 358 Å². The van der Waals surface area contributed by atoms with Gasteiger partial charge in [0.15, 0.2) is 0 Å². The monoisotopic (exact) mass is 1090 g/mol. The van der Waals surface area contributed by atoms with Crippen LogP contribution in [0.2, 0.25) is 0 Å². The zero-order valence-corrected chi connectivity index (χ0v) is 44.4. The van der Waals surface area contributed by atoms with Crippen molar-refractivity contribution < 1.29 is 53.4 Å². The summed E-state index contributed by atoms with van der Waals surface area (Å²) in [6.07, 6.45) is 0.893. The Balaban J connectivity index is 1.61. The number of carbonyl (C=O) groups is 9. The van der Waals surface area contributed by atoms with Crippen LogP contribution in [0.3, 0.4) is 0 Å². The van der Waals surface area contributed by atoms with Crippen molar-refractivity contribution in [3.05, 3.63) is 102 Å². The average Bonchev–Trinajstić information content (AvgIpc) is 3.79. The van der Waals surface area contributed by atoms with Gasteiger partial charge in [0, 0.05) is 54.8 Å². The van der Waals surface area contributed by atoms with Crippen molar-refractivity contribution in [2.24, 2.45) is 17.4 Å². The first-order valence-electron chi connectivity index (χ1n) is 24.9. The number of unbranched alkanes of at least 4 members (excludes halogenated alkanes) is 1. The summed E-state index contributed by atoms with van der Waals surface area (Å²) in [6, 6.07) is 10.9. The number of hydrogen-bond donors (Lipinski definition) is 13. The van der Waals surface area contributed by atoms with E-state index in [4.69, 9.17) is 11.5 Å². The zero-order chi connectivity index (χ0) is 55.5. The summed E-state index contributed by atoms with van der Waals surface area (Å²) in [5.41, 5.74) is 13.9. The number of aliphatic hydroxyl groups excluding tert-OH is 1. The predicted molar refractivity (Wildman–Crippen MR) is 289 cm³/mol. The minimum Gasteiger partial charge on any atom is -0.508 e. The molecule has 15 N–H and O–H groups in total. The Labute approximate surface area is 448 Å². The Morgan fingerprint density at radius 3 is 1.97 bits per heavy atom. The smallest absolute Gasteiger partial charge is 0.244 e. The lowest BCUT2D eigenvalue weighted by molar-refractivity contribution is -0.136. The molecule has 2 heterocycles. The Morgan fingerprint density at radius 2 is 1.33 bits per heavy atom. The minimum absolute atomic E-state index is 0.0369. The summed E-state index contributed by atoms with van der Waals surface area (Å²) >= 11 is 0. The molecule has 0 saturated carbocycles. The first-order valence-corrected chi connectivity index (χ1v) is 27.4. The largest absolute Gasteiger partial charge is 0.508 e. The van der Waals surface area contributed by atoms with Gasteiger partial charge >= 0.3 is 0 Å². The van der Waals surface area contributed by atoms with Crippen LogP contribution in [0.5, 0.6) is 5.75 Å². The summed E-state index contributed by atoms with van der Waals surface area (Å²) in [4.78, 5) is 129. The molecule has 76 heavy (non-hydrogen) atoms. The van der Waals surface area contributed by atoms with Crippen LogP contribution >= 0.6 is 21.6 Å². The van der Waals surface area contributed by atoms with Gasteiger partial charge in [-0.3, -0.25) is 43.2 Å². The van der Waals surface area contributed by atoms with Crippen LogP contribution in [0.15, 0.2) is 85.1 Å². The van der Waals surface area contributed by atoms with Gasteiger partial charge in [0.05, 0.1) is 6.10 Å². The Hall–Kier alpha value is -7.15. The van der Waals surface area contributed by atoms with E-state index in [0.717, 1.165) is 32.5 Å². The molecule has 1 aromatic heterocycles. The van der Waals surface area contributed by atoms with Gasteiger partial charge in [-0.15, -0.1) is 0 Å². The lowest BCUT2D eigenvalue weighted by Gasteiger charge is -2.29. The number of phenolic OH excluding ortho intramolecular Hbond substituents is 1. The average molecular weight is 1090 g/mol. The van der Waals surface area contributed by atoms with E-state index in [9.17, 15) is 53.4 Å². The number of H-pyrrole nitrogens is 1. The van der Waals surface area contributed by atoms with Crippen LogP contribution in [0.4, 0.5) is 0 Å². The molecule has 9 atom stereocenters. The van der Waals surface area contributed by atoms with Crippen molar-refractivity contribution in [2.75, 3.05) is 18.1 Å². The van der Waals surface area contributed by atoms with Gasteiger partial charge in [0.25, 0.3) is 0 Å². The van der Waals surface area contributed by atoms with E-state index in [1.165, 1.54) is 26.0 Å². The van der Waals surface area contributed by atoms with E-state index >= 15 is 0 Å². The summed E-state index contributed by atoms with van der Waals surface area (Å²) in [6.45, 7) is 6.04. The van der Waals surface area contributed by atoms with E-state index in [-0.39, 0.29) is 49.5 Å². The van der Waals surface area contributed by atoms with Crippen LogP contribution in [0.1, 0.15) is 63.6 Å². The second-order valence-corrected chi connectivity index (χ2v) is 21.4. The fourth-order valence-corrected chi connectivity index (χ4v) is 10.6. The fourth-order valence-electron chi connectivity index (χ4n) is 8.29. The van der Waals surface area contributed by atoms with Gasteiger partial charge in [-0.1, -0.05) is 96.1 Å². The number of phenols is 1. The van der Waals surface area contributed by atoms with Crippen molar-refractivity contribution >= 4 is 85.7 Å². The van der Waals surface area contributed by atoms with E-state index in [1.54, 1.807) is 62.5 Å². The van der Waals surface area contributed by atoms with Gasteiger partial charge in [-0.2, -0.15) is 0 Å². The second-order valence-electron chi connectivity index (χ2n) is 18.9. The van der Waals surface area contributed by atoms with E-state index in [0.29, 0.717) is 29.5 Å². The van der Waals surface area contributed by atoms with E-state index in [2.05, 4.69) is 47.5 Å². The molecule has 4 aromatic rings. The number of para-hydroxylation sites is 1. The molecule has 24 heteroatoms. The highest BCUT2D eigenvalue weighted by Gasteiger charge is 2.37. The standard InChI is InChI=1S/C52H69N11O11S2/c1-28(2)43-52(74)61-42(51(73)63-44(29(3)64)45(54)67)27-76-75-26-41(60-47(69)38(56-30(4)65)22-31-12-6-5-7-13-31)50(72)58-39(23-32-17-19-34(66)20-18-32)48(70)59-40(24-33-25-55-36-15-9-8-14-35(33)36)49(71)57-37(46(68)62-43)16-10-11-21-53/h5-9,12-15,17-20,25,28-29,37-44,55,64,66H,10-11,16,21-24,26-27,53H2,1-4H3,(H2,54,67)(H,56,65)(H,57,71)(H,58,72)(H,59,70)(H,60,69)(H,61,74)(H,62,68)(H,63,73). The number of fused-ring (bicyclic) bond motifs is 1. The van der Waals surface area contributed by atoms with Crippen molar-refractivity contribution in [3.63, 3.8) is 0 Å². The number of rotatable bonds is 18. The van der Waals surface area contributed by atoms with E-state index in [1.807, 2.05) is 24.3 Å². The molecule has 0 bridgehead atoms. The Bertz CT molecular complexity index is 2660. The molecule has 3 aromatic carbocycles. The van der Waals surface area contributed by atoms with Gasteiger partial charge < -0.3 is 69.2 Å². The number of nitrogens with two attached hydrogens (primary N) is 2. The molecule has 1 aliphatic rings. The van der Waals surface area contributed by atoms with Crippen LogP contribution in [-0.4, -0.2) is 141 Å². The number of benzene rings is 3. The van der Waals surface area contributed by atoms with Gasteiger partial charge in [0.1, 0.15) is 54.1 Å². The first-order chi connectivity index (χ1) is 36.2. The highest BCUT2D eigenvalue weighted by Crippen LogP contribution is 2.25. The first kappa shape index (κ1) is 59.7. The molecular formula is C52H69N11O11S2. The third-order valence-electron chi connectivity index (χ3n) is 12.4. The summed E-state index contributed by atoms with van der Waals surface area (Å²) < 4.78 is 0. The van der Waals surface area contributed by atoms with Crippen molar-refractivity contribution in [3.8, 4) is 5.75 Å². The lowest BCUT2D eigenvalue weighted by Crippen LogP contribution is -2.62. The van der Waals surface area contributed by atoms with Crippen LogP contribution in [-0.2, 0) is 62.4 Å². The molecule has 9 amide bonds. The molecule has 5 rings (SSSR count). The molecule has 410 valence electrons. The van der Waals surface area contributed by atoms with Gasteiger partial charge in [-0.05, 0) is 73.5 Å². The van der Waals surface area contributed by atoms with Crippen LogP contribution < -0.4 is 54.0 Å². The quantitative estimate of drug-likeness (QED) is 0.0455. The number of aromatic amines is 1. The number of primary amides is 1. The molecule has 1 aliphatic heterocycles. The number of nitrogens with one attached hydrogen (secondary N) is 9. The summed E-state index contributed by atoms with van der Waals surface area (Å²) in [7, 11) is 1.97. The van der Waals surface area contributed by atoms with E-state index < -0.39 is 114 Å². The Morgan fingerprint density at radius 1 is 0.711 bits per heavy atom. The predicted octanol–water partition coefficient (Wildman–Crippen LogP) is -0.154. The summed E-state index contributed by atoms with van der Waals surface area (Å²) in [5.74, 6) is -8.49. The molecule has 22 nitrogen and oxygen atoms in total. The number of amides is 9. The molecular weight excluding hydrogens is 1020 g/mol. The third kappa shape index (κ3) is 18.0. The molecule has 0 radical (unpaired) electrons. The molecule has 1 saturated heterocycles. The maximum Gasteiger partial charge on any atom is 0.244 e. The lowest BCUT2D eigenvalue weighted by atomic mass is 10.00. The summed E-state index contributed by atoms with van der Waals surface area (Å²) in [5, 5.41) is 42.7. The van der Waals surface area contributed by atoms with Crippen LogP contribution in [0.25, 0.3) is 10.9 Å². The maximum absolute atomic E-state index is 14.9. The van der Waals surface area contributed by atoms with Crippen molar-refractivity contribution in [1.82, 2.24) is 47.5 Å². The van der Waals surface area contributed by atoms with Gasteiger partial charge in [-0.25, -0.2) is 0 Å². The fraction of sp³-hybridized carbons (Fsp3) is 0.442. The Kier molecular flexibility index (Phi) is 23.0. The van der Waals surface area contributed by atoms with Crippen molar-refractivity contribution in [2.45, 2.75) is 121 Å². The van der Waals surface area contributed by atoms with Crippen molar-refractivity contribution in [1.29, 1.82) is 0 Å². The molecule has 0 aliphatic carbocycles. The minimum atomic E-state index is -1.57. The number of aromatic nitrogens is 1. The third-order valence-corrected chi connectivity index (χ3v) is 14.9. The zero-order valence-electron chi connectivity index (χ0n) is 42.8. The normalized spacial score (nSPS) is 21.6. The number of carbonyl (C=O) groups excluding carboxylic acids is 9. The van der Waals surface area contributed by atoms with Crippen LogP contribution in [0, 0.1) is 5.92 Å². The molecule has 1 fully saturated rings. The second kappa shape index (κ2) is 29.2. The number of hydrogen-bond acceptors (Lipinski definition) is 14. The molecule has 9 unspecified atom stereocenters. The van der Waals surface area contributed by atoms with Gasteiger partial charge in [0.2, 0.25) is 53.2 Å². The highest BCUT2D eigenvalue weighted by molar-refractivity contribution is 8.76. The number of aliphatic hydroxyl groups is 1. The molecule has 0 spiro atoms. The SMILES string of the molecule is CC(=O)NC(Cc1ccccc1)C(=O)NC1CSSCC(C(=O)NC(C(N)=O)C(C)O)NC(=O)C(C(C)C)NC(=O)C(CCCCN)NC(=O)C(Cc2c[nH]c3ccccc23)NC(=O)C(Cc2ccc(O)cc2)NC1=O. The number of aromatic hydroxyl groups is 1.